The largest absolute Gasteiger partial charge is 0.310 e. The molecule has 1 heteroatoms. The standard InChI is InChI=1S/C57H41N/c1-57(2)54-29-14-13-27-52(54)56-46(28-16-30-55(56)57)42-33-41(38-17-5-3-6-18-38)35-45(36-42)58(43-20-7-4-8-21-43)44-22-15-19-39(34-44)40-31-32-51-49-25-10-9-23-47(49)48-24-11-12-26-50(48)53(51)37-40/h3-37H,1-2H3. The van der Waals surface area contributed by atoms with Crippen LogP contribution in [0.15, 0.2) is 212 Å². The second kappa shape index (κ2) is 13.5. The average Bonchev–Trinajstić information content (AvgIpc) is 3.53. The molecule has 11 rings (SSSR count). The van der Waals surface area contributed by atoms with Gasteiger partial charge in [-0.2, -0.15) is 0 Å². The number of hydrogen-bond donors (Lipinski definition) is 0. The number of hydrogen-bond acceptors (Lipinski definition) is 1. The van der Waals surface area contributed by atoms with Crippen molar-refractivity contribution in [2.24, 2.45) is 0 Å². The van der Waals surface area contributed by atoms with Gasteiger partial charge in [0.25, 0.3) is 0 Å². The third-order valence-electron chi connectivity index (χ3n) is 12.4. The highest BCUT2D eigenvalue weighted by Crippen LogP contribution is 2.53. The molecule has 58 heavy (non-hydrogen) atoms. The van der Waals surface area contributed by atoms with Crippen LogP contribution in [0.1, 0.15) is 25.0 Å². The quantitative estimate of drug-likeness (QED) is 0.154. The van der Waals surface area contributed by atoms with Gasteiger partial charge in [0.15, 0.2) is 0 Å². The van der Waals surface area contributed by atoms with Crippen molar-refractivity contribution in [3.63, 3.8) is 0 Å². The molecule has 274 valence electrons. The maximum atomic E-state index is 2.42. The van der Waals surface area contributed by atoms with Crippen molar-refractivity contribution in [3.8, 4) is 44.5 Å². The van der Waals surface area contributed by atoms with Gasteiger partial charge in [-0.15, -0.1) is 0 Å². The Morgan fingerprint density at radius 1 is 0.293 bits per heavy atom. The lowest BCUT2D eigenvalue weighted by Crippen LogP contribution is -2.14. The minimum Gasteiger partial charge on any atom is -0.310 e. The molecule has 0 N–H and O–H groups in total. The minimum absolute atomic E-state index is 0.0829. The van der Waals surface area contributed by atoms with Crippen molar-refractivity contribution < 1.29 is 0 Å². The summed E-state index contributed by atoms with van der Waals surface area (Å²) < 4.78 is 0. The van der Waals surface area contributed by atoms with E-state index in [2.05, 4.69) is 231 Å². The summed E-state index contributed by atoms with van der Waals surface area (Å²) in [5, 5.41) is 7.71. The fourth-order valence-corrected chi connectivity index (χ4v) is 9.62. The van der Waals surface area contributed by atoms with Gasteiger partial charge in [-0.3, -0.25) is 0 Å². The molecule has 0 aromatic heterocycles. The van der Waals surface area contributed by atoms with Crippen molar-refractivity contribution in [1.29, 1.82) is 0 Å². The van der Waals surface area contributed by atoms with E-state index in [4.69, 9.17) is 0 Å². The van der Waals surface area contributed by atoms with Gasteiger partial charge in [0, 0.05) is 22.5 Å². The zero-order valence-electron chi connectivity index (χ0n) is 32.7. The Balaban J connectivity index is 1.11. The first-order chi connectivity index (χ1) is 28.5. The van der Waals surface area contributed by atoms with Crippen LogP contribution < -0.4 is 4.90 Å². The lowest BCUT2D eigenvalue weighted by atomic mass is 9.82. The molecule has 1 aliphatic rings. The summed E-state index contributed by atoms with van der Waals surface area (Å²) in [4.78, 5) is 2.42. The lowest BCUT2D eigenvalue weighted by Gasteiger charge is -2.27. The summed E-state index contributed by atoms with van der Waals surface area (Å²) in [6, 6.07) is 78.2. The van der Waals surface area contributed by atoms with Gasteiger partial charge in [0.05, 0.1) is 0 Å². The number of nitrogens with zero attached hydrogens (tertiary/aromatic N) is 1. The third kappa shape index (κ3) is 5.46. The zero-order valence-corrected chi connectivity index (χ0v) is 32.7. The normalized spacial score (nSPS) is 12.8. The van der Waals surface area contributed by atoms with E-state index >= 15 is 0 Å². The third-order valence-corrected chi connectivity index (χ3v) is 12.4. The van der Waals surface area contributed by atoms with Crippen molar-refractivity contribution in [1.82, 2.24) is 0 Å². The smallest absolute Gasteiger partial charge is 0.0473 e. The molecule has 0 saturated heterocycles. The fourth-order valence-electron chi connectivity index (χ4n) is 9.62. The number of rotatable bonds is 6. The van der Waals surface area contributed by atoms with E-state index in [9.17, 15) is 0 Å². The van der Waals surface area contributed by atoms with Crippen LogP contribution in [-0.2, 0) is 5.41 Å². The topological polar surface area (TPSA) is 3.24 Å². The molecule has 10 aromatic rings. The summed E-state index contributed by atoms with van der Waals surface area (Å²) in [6.07, 6.45) is 0. The zero-order chi connectivity index (χ0) is 38.8. The van der Waals surface area contributed by atoms with Crippen molar-refractivity contribution in [2.75, 3.05) is 4.90 Å². The van der Waals surface area contributed by atoms with Crippen LogP contribution in [0.3, 0.4) is 0 Å². The molecule has 1 nitrogen and oxygen atoms in total. The minimum atomic E-state index is -0.0829. The Labute approximate surface area is 340 Å². The van der Waals surface area contributed by atoms with Gasteiger partial charge >= 0.3 is 0 Å². The van der Waals surface area contributed by atoms with Crippen LogP contribution in [0.2, 0.25) is 0 Å². The van der Waals surface area contributed by atoms with E-state index in [-0.39, 0.29) is 5.41 Å². The molecular formula is C57H41N. The van der Waals surface area contributed by atoms with Gasteiger partial charge < -0.3 is 4.90 Å². The predicted molar refractivity (Wildman–Crippen MR) is 248 cm³/mol. The maximum Gasteiger partial charge on any atom is 0.0473 e. The Morgan fingerprint density at radius 2 is 0.793 bits per heavy atom. The summed E-state index contributed by atoms with van der Waals surface area (Å²) in [7, 11) is 0. The fraction of sp³-hybridized carbons (Fsp3) is 0.0526. The predicted octanol–water partition coefficient (Wildman–Crippen LogP) is 15.9. The molecule has 0 radical (unpaired) electrons. The summed E-state index contributed by atoms with van der Waals surface area (Å²) >= 11 is 0. The van der Waals surface area contributed by atoms with Crippen LogP contribution in [0.4, 0.5) is 17.1 Å². The van der Waals surface area contributed by atoms with Crippen LogP contribution in [-0.4, -0.2) is 0 Å². The summed E-state index contributed by atoms with van der Waals surface area (Å²) in [5.74, 6) is 0. The van der Waals surface area contributed by atoms with Crippen LogP contribution >= 0.6 is 0 Å². The van der Waals surface area contributed by atoms with Gasteiger partial charge in [0.2, 0.25) is 0 Å². The number of para-hydroxylation sites is 1. The highest BCUT2D eigenvalue weighted by molar-refractivity contribution is 6.25. The van der Waals surface area contributed by atoms with Crippen LogP contribution in [0, 0.1) is 0 Å². The summed E-state index contributed by atoms with van der Waals surface area (Å²) in [5.41, 5.74) is 15.9. The SMILES string of the molecule is CC1(C)c2ccccc2-c2c(-c3cc(-c4ccccc4)cc(N(c4ccccc4)c4cccc(-c5ccc6c7ccccc7c7ccccc7c6c5)c4)c3)cccc21. The van der Waals surface area contributed by atoms with Crippen molar-refractivity contribution >= 4 is 49.4 Å². The Bertz CT molecular complexity index is 3160. The molecule has 10 aromatic carbocycles. The molecule has 0 saturated carbocycles. The molecule has 0 amide bonds. The molecule has 0 fully saturated rings. The highest BCUT2D eigenvalue weighted by Gasteiger charge is 2.36. The van der Waals surface area contributed by atoms with E-state index in [0.29, 0.717) is 0 Å². The summed E-state index contributed by atoms with van der Waals surface area (Å²) in [6.45, 7) is 4.72. The van der Waals surface area contributed by atoms with Crippen LogP contribution in [0.5, 0.6) is 0 Å². The van der Waals surface area contributed by atoms with E-state index < -0.39 is 0 Å². The van der Waals surface area contributed by atoms with Crippen LogP contribution in [0.25, 0.3) is 76.8 Å². The average molecular weight is 740 g/mol. The molecule has 0 bridgehead atoms. The second-order valence-electron chi connectivity index (χ2n) is 16.1. The van der Waals surface area contributed by atoms with E-state index in [0.717, 1.165) is 17.1 Å². The van der Waals surface area contributed by atoms with Gasteiger partial charge in [-0.05, 0) is 136 Å². The number of anilines is 3. The maximum absolute atomic E-state index is 2.42. The molecule has 0 unspecified atom stereocenters. The Morgan fingerprint density at radius 3 is 1.53 bits per heavy atom. The molecule has 0 spiro atoms. The molecule has 0 heterocycles. The number of benzene rings is 10. The lowest BCUT2D eigenvalue weighted by molar-refractivity contribution is 0.660. The molecule has 0 atom stereocenters. The molecular weight excluding hydrogens is 699 g/mol. The van der Waals surface area contributed by atoms with E-state index in [1.807, 2.05) is 0 Å². The van der Waals surface area contributed by atoms with E-state index in [1.165, 1.54) is 88.0 Å². The monoisotopic (exact) mass is 739 g/mol. The molecule has 0 aliphatic heterocycles. The first-order valence-electron chi connectivity index (χ1n) is 20.3. The number of fused-ring (bicyclic) bond motifs is 9. The first-order valence-corrected chi connectivity index (χ1v) is 20.3. The first kappa shape index (κ1) is 34.1. The Kier molecular flexibility index (Phi) is 7.91. The van der Waals surface area contributed by atoms with Gasteiger partial charge in [0.1, 0.15) is 0 Å². The van der Waals surface area contributed by atoms with Crippen molar-refractivity contribution in [3.05, 3.63) is 223 Å². The highest BCUT2D eigenvalue weighted by atomic mass is 15.1. The van der Waals surface area contributed by atoms with E-state index in [1.54, 1.807) is 0 Å². The Hall–Kier alpha value is -7.22. The van der Waals surface area contributed by atoms with Gasteiger partial charge in [-0.1, -0.05) is 178 Å². The molecule has 1 aliphatic carbocycles. The van der Waals surface area contributed by atoms with Gasteiger partial charge in [-0.25, -0.2) is 0 Å². The van der Waals surface area contributed by atoms with Crippen molar-refractivity contribution in [2.45, 2.75) is 19.3 Å². The second-order valence-corrected chi connectivity index (χ2v) is 16.1.